The van der Waals surface area contributed by atoms with Gasteiger partial charge in [0.2, 0.25) is 5.91 Å². The molecule has 2 aliphatic rings. The molecule has 1 saturated heterocycles. The summed E-state index contributed by atoms with van der Waals surface area (Å²) in [4.78, 5) is 39.8. The molecule has 3 amide bonds. The van der Waals surface area contributed by atoms with E-state index >= 15 is 0 Å². The lowest BCUT2D eigenvalue weighted by atomic mass is 9.96. The van der Waals surface area contributed by atoms with Gasteiger partial charge in [0.05, 0.1) is 5.75 Å². The van der Waals surface area contributed by atoms with E-state index in [1.54, 1.807) is 6.07 Å². The van der Waals surface area contributed by atoms with Crippen LogP contribution in [0.4, 0.5) is 10.6 Å². The second kappa shape index (κ2) is 12.6. The van der Waals surface area contributed by atoms with Crippen molar-refractivity contribution in [2.24, 2.45) is 0 Å². The Bertz CT molecular complexity index is 807. The topological polar surface area (TPSA) is 93.7 Å². The maximum atomic E-state index is 12.8. The lowest BCUT2D eigenvalue weighted by molar-refractivity contribution is -0.118. The van der Waals surface area contributed by atoms with E-state index in [0.29, 0.717) is 42.5 Å². The lowest BCUT2D eigenvalue weighted by Crippen LogP contribution is -2.58. The van der Waals surface area contributed by atoms with E-state index in [2.05, 4.69) is 32.4 Å². The van der Waals surface area contributed by atoms with E-state index < -0.39 is 0 Å². The molecule has 3 rings (SSSR count). The molecule has 1 saturated carbocycles. The number of urea groups is 1. The van der Waals surface area contributed by atoms with Crippen molar-refractivity contribution < 1.29 is 9.59 Å². The molecule has 1 atom stereocenters. The summed E-state index contributed by atoms with van der Waals surface area (Å²) in [5.41, 5.74) is 0. The summed E-state index contributed by atoms with van der Waals surface area (Å²) < 4.78 is 0. The van der Waals surface area contributed by atoms with E-state index in [9.17, 15) is 9.59 Å². The smallest absolute Gasteiger partial charge is 0.317 e. The molecule has 9 nitrogen and oxygen atoms in total. The molecule has 0 bridgehead atoms. The first kappa shape index (κ1) is 25.8. The summed E-state index contributed by atoms with van der Waals surface area (Å²) >= 11 is 7.53. The van der Waals surface area contributed by atoms with Crippen molar-refractivity contribution in [3.63, 3.8) is 0 Å². The summed E-state index contributed by atoms with van der Waals surface area (Å²) in [6.45, 7) is 5.41. The SMILES string of the molecule is CC1CN(c2cc(Cl)nc(SCC(=O)NCCN(C)C)n2)CCN1C(=O)NC1CCCCC1. The zero-order valence-corrected chi connectivity index (χ0v) is 21.4. The monoisotopic (exact) mass is 497 g/mol. The number of rotatable bonds is 8. The second-order valence-electron chi connectivity index (χ2n) is 9.05. The highest BCUT2D eigenvalue weighted by molar-refractivity contribution is 7.99. The molecule has 1 aromatic heterocycles. The number of amides is 3. The average molecular weight is 498 g/mol. The van der Waals surface area contributed by atoms with Crippen molar-refractivity contribution in [3.05, 3.63) is 11.2 Å². The maximum Gasteiger partial charge on any atom is 0.317 e. The van der Waals surface area contributed by atoms with Crippen molar-refractivity contribution in [1.82, 2.24) is 30.4 Å². The molecule has 1 aliphatic heterocycles. The Morgan fingerprint density at radius 3 is 2.67 bits per heavy atom. The largest absolute Gasteiger partial charge is 0.354 e. The van der Waals surface area contributed by atoms with Gasteiger partial charge >= 0.3 is 6.03 Å². The number of nitrogens with one attached hydrogen (secondary N) is 2. The number of anilines is 1. The Hall–Kier alpha value is -1.78. The van der Waals surface area contributed by atoms with Gasteiger partial charge < -0.3 is 25.3 Å². The first-order valence-electron chi connectivity index (χ1n) is 11.7. The summed E-state index contributed by atoms with van der Waals surface area (Å²) in [7, 11) is 3.93. The Labute approximate surface area is 206 Å². The fourth-order valence-electron chi connectivity index (χ4n) is 4.18. The molecule has 11 heteroatoms. The Balaban J connectivity index is 1.52. The molecule has 1 aliphatic carbocycles. The first-order chi connectivity index (χ1) is 15.8. The quantitative estimate of drug-likeness (QED) is 0.323. The van der Waals surface area contributed by atoms with Crippen LogP contribution in [0.1, 0.15) is 39.0 Å². The van der Waals surface area contributed by atoms with Crippen molar-refractivity contribution in [2.75, 3.05) is 57.5 Å². The fourth-order valence-corrected chi connectivity index (χ4v) is 5.09. The molecule has 2 fully saturated rings. The van der Waals surface area contributed by atoms with Gasteiger partial charge in [-0.3, -0.25) is 4.79 Å². The number of halogens is 1. The molecular weight excluding hydrogens is 462 g/mol. The van der Waals surface area contributed by atoms with Crippen molar-refractivity contribution in [3.8, 4) is 0 Å². The van der Waals surface area contributed by atoms with E-state index in [-0.39, 0.29) is 23.7 Å². The second-order valence-corrected chi connectivity index (χ2v) is 10.4. The Morgan fingerprint density at radius 2 is 1.97 bits per heavy atom. The van der Waals surface area contributed by atoms with Crippen molar-refractivity contribution in [2.45, 2.75) is 56.3 Å². The summed E-state index contributed by atoms with van der Waals surface area (Å²) in [6.07, 6.45) is 5.81. The van der Waals surface area contributed by atoms with Gasteiger partial charge in [-0.25, -0.2) is 14.8 Å². The Kier molecular flexibility index (Phi) is 9.88. The van der Waals surface area contributed by atoms with Crippen LogP contribution in [0.5, 0.6) is 0 Å². The third-order valence-corrected chi connectivity index (χ3v) is 7.06. The normalized spacial score (nSPS) is 19.6. The number of likely N-dealkylation sites (N-methyl/N-ethyl adjacent to an activating group) is 1. The highest BCUT2D eigenvalue weighted by Crippen LogP contribution is 2.24. The number of hydrogen-bond acceptors (Lipinski definition) is 7. The van der Waals surface area contributed by atoms with E-state index in [1.165, 1.54) is 31.0 Å². The number of carbonyl (C=O) groups is 2. The summed E-state index contributed by atoms with van der Waals surface area (Å²) in [6, 6.07) is 2.13. The predicted octanol–water partition coefficient (Wildman–Crippen LogP) is 2.45. The van der Waals surface area contributed by atoms with Crippen LogP contribution >= 0.6 is 23.4 Å². The maximum absolute atomic E-state index is 12.8. The minimum Gasteiger partial charge on any atom is -0.354 e. The van der Waals surface area contributed by atoms with Gasteiger partial charge in [-0.1, -0.05) is 42.6 Å². The molecule has 0 radical (unpaired) electrons. The van der Waals surface area contributed by atoms with Crippen LogP contribution < -0.4 is 15.5 Å². The van der Waals surface area contributed by atoms with Gasteiger partial charge in [0, 0.05) is 50.9 Å². The number of nitrogens with zero attached hydrogens (tertiary/aromatic N) is 5. The molecule has 0 aromatic carbocycles. The lowest BCUT2D eigenvalue weighted by Gasteiger charge is -2.41. The van der Waals surface area contributed by atoms with E-state index in [1.807, 2.05) is 23.9 Å². The van der Waals surface area contributed by atoms with Crippen LogP contribution in [-0.4, -0.2) is 96.4 Å². The highest BCUT2D eigenvalue weighted by atomic mass is 35.5. The number of thioether (sulfide) groups is 1. The molecule has 33 heavy (non-hydrogen) atoms. The number of piperazine rings is 1. The van der Waals surface area contributed by atoms with E-state index in [4.69, 9.17) is 11.6 Å². The standard InChI is InChI=1S/C22H36ClN7O2S/c1-16-14-29(11-12-30(16)22(32)25-17-7-5-4-6-8-17)19-13-18(23)26-21(27-19)33-15-20(31)24-9-10-28(2)3/h13,16-17H,4-12,14-15H2,1-3H3,(H,24,31)(H,25,32). The summed E-state index contributed by atoms with van der Waals surface area (Å²) in [5, 5.41) is 6.93. The molecule has 0 spiro atoms. The van der Waals surface area contributed by atoms with Gasteiger partial charge in [-0.15, -0.1) is 0 Å². The van der Waals surface area contributed by atoms with Crippen LogP contribution in [0.25, 0.3) is 0 Å². The van der Waals surface area contributed by atoms with Crippen LogP contribution in [0.15, 0.2) is 11.2 Å². The Morgan fingerprint density at radius 1 is 1.21 bits per heavy atom. The number of aromatic nitrogens is 2. The van der Waals surface area contributed by atoms with Gasteiger partial charge in [0.1, 0.15) is 11.0 Å². The third-order valence-electron chi connectivity index (χ3n) is 6.02. The highest BCUT2D eigenvalue weighted by Gasteiger charge is 2.30. The van der Waals surface area contributed by atoms with Crippen molar-refractivity contribution in [1.29, 1.82) is 0 Å². The molecule has 1 unspecified atom stereocenters. The van der Waals surface area contributed by atoms with Gasteiger partial charge in [-0.05, 0) is 33.9 Å². The molecule has 2 N–H and O–H groups in total. The number of hydrogen-bond donors (Lipinski definition) is 2. The zero-order chi connectivity index (χ0) is 23.8. The molecular formula is C22H36ClN7O2S. The zero-order valence-electron chi connectivity index (χ0n) is 19.8. The van der Waals surface area contributed by atoms with Gasteiger partial charge in [-0.2, -0.15) is 0 Å². The molecule has 1 aromatic rings. The van der Waals surface area contributed by atoms with Gasteiger partial charge in [0.25, 0.3) is 0 Å². The first-order valence-corrected chi connectivity index (χ1v) is 13.1. The predicted molar refractivity (Wildman–Crippen MR) is 133 cm³/mol. The van der Waals surface area contributed by atoms with Crippen molar-refractivity contribution >= 4 is 41.1 Å². The van der Waals surface area contributed by atoms with Crippen LogP contribution in [0, 0.1) is 0 Å². The van der Waals surface area contributed by atoms with E-state index in [0.717, 1.165) is 25.2 Å². The van der Waals surface area contributed by atoms with Crippen LogP contribution in [0.3, 0.4) is 0 Å². The minimum atomic E-state index is -0.0572. The van der Waals surface area contributed by atoms with Crippen LogP contribution in [0.2, 0.25) is 5.15 Å². The average Bonchev–Trinajstić information content (AvgIpc) is 2.77. The molecule has 184 valence electrons. The molecule has 2 heterocycles. The van der Waals surface area contributed by atoms with Crippen LogP contribution in [-0.2, 0) is 4.79 Å². The summed E-state index contributed by atoms with van der Waals surface area (Å²) in [5.74, 6) is 0.904. The van der Waals surface area contributed by atoms with Gasteiger partial charge in [0.15, 0.2) is 5.16 Å². The third kappa shape index (κ3) is 8.19. The minimum absolute atomic E-state index is 0.0336. The number of carbonyl (C=O) groups excluding carboxylic acids is 2. The fraction of sp³-hybridized carbons (Fsp3) is 0.727.